The van der Waals surface area contributed by atoms with E-state index < -0.39 is 27.6 Å². The number of nitrogens with one attached hydrogen (secondary N) is 1. The second-order valence-corrected chi connectivity index (χ2v) is 11.8. The van der Waals surface area contributed by atoms with Crippen LogP contribution in [0.4, 0.5) is 9.18 Å². The number of aliphatic hydroxyl groups is 1. The molecule has 1 heterocycles. The lowest BCUT2D eigenvalue weighted by atomic mass is 10.0. The molecule has 0 fully saturated rings. The Hall–Kier alpha value is -3.17. The minimum Gasteiger partial charge on any atom is -0.444 e. The summed E-state index contributed by atoms with van der Waals surface area (Å²) < 4.78 is 45.0. The molecule has 1 aromatic heterocycles. The number of benzene rings is 2. The number of aromatic nitrogens is 1. The van der Waals surface area contributed by atoms with E-state index in [1.54, 1.807) is 57.2 Å². The summed E-state index contributed by atoms with van der Waals surface area (Å²) in [6, 6.07) is 14.1. The highest BCUT2D eigenvalue weighted by Gasteiger charge is 2.25. The third-order valence-electron chi connectivity index (χ3n) is 5.67. The van der Waals surface area contributed by atoms with Gasteiger partial charge in [0.05, 0.1) is 16.6 Å². The van der Waals surface area contributed by atoms with E-state index in [0.717, 1.165) is 28.8 Å². The van der Waals surface area contributed by atoms with Crippen molar-refractivity contribution in [3.05, 3.63) is 71.7 Å². The van der Waals surface area contributed by atoms with Gasteiger partial charge in [0.1, 0.15) is 11.4 Å². The van der Waals surface area contributed by atoms with Gasteiger partial charge in [0.25, 0.3) is 0 Å². The fraction of sp³-hybridized carbons (Fsp3) is 0.370. The van der Waals surface area contributed by atoms with Crippen LogP contribution < -0.4 is 5.32 Å². The quantitative estimate of drug-likeness (QED) is 0.422. The van der Waals surface area contributed by atoms with Crippen molar-refractivity contribution >= 4 is 15.9 Å². The Morgan fingerprint density at radius 2 is 1.72 bits per heavy atom. The van der Waals surface area contributed by atoms with Gasteiger partial charge in [-0.1, -0.05) is 12.1 Å². The van der Waals surface area contributed by atoms with Crippen LogP contribution in [0, 0.1) is 12.7 Å². The SMILES string of the molecule is Cc1c([C@@H](CCCO)NC(=O)OC(C)(C)C)cc(-c2ccc(S(C)(=O)=O)cc2)n1-c1ccc(F)cc1. The molecule has 2 N–H and O–H groups in total. The molecule has 0 aliphatic carbocycles. The van der Waals surface area contributed by atoms with Gasteiger partial charge in [0, 0.05) is 24.2 Å². The van der Waals surface area contributed by atoms with Gasteiger partial charge < -0.3 is 19.7 Å². The molecule has 194 valence electrons. The number of sulfone groups is 1. The molecule has 2 aromatic carbocycles. The van der Waals surface area contributed by atoms with Crippen molar-refractivity contribution in [3.8, 4) is 16.9 Å². The van der Waals surface area contributed by atoms with Crippen LogP contribution in [0.25, 0.3) is 16.9 Å². The Labute approximate surface area is 211 Å². The van der Waals surface area contributed by atoms with Gasteiger partial charge >= 0.3 is 6.09 Å². The van der Waals surface area contributed by atoms with Crippen molar-refractivity contribution in [3.63, 3.8) is 0 Å². The summed E-state index contributed by atoms with van der Waals surface area (Å²) in [5.74, 6) is -0.366. The van der Waals surface area contributed by atoms with Gasteiger partial charge in [-0.15, -0.1) is 0 Å². The van der Waals surface area contributed by atoms with Gasteiger partial charge in [0.2, 0.25) is 0 Å². The first-order chi connectivity index (χ1) is 16.8. The van der Waals surface area contributed by atoms with Crippen molar-refractivity contribution < 1.29 is 27.4 Å². The van der Waals surface area contributed by atoms with Crippen molar-refractivity contribution in [2.45, 2.75) is 57.1 Å². The predicted molar refractivity (Wildman–Crippen MR) is 137 cm³/mol. The molecule has 36 heavy (non-hydrogen) atoms. The topological polar surface area (TPSA) is 97.6 Å². The van der Waals surface area contributed by atoms with Crippen molar-refractivity contribution in [1.82, 2.24) is 9.88 Å². The van der Waals surface area contributed by atoms with E-state index in [1.807, 2.05) is 17.6 Å². The summed E-state index contributed by atoms with van der Waals surface area (Å²) in [7, 11) is -3.36. The van der Waals surface area contributed by atoms with Gasteiger partial charge in [-0.3, -0.25) is 0 Å². The number of aliphatic hydroxyl groups excluding tert-OH is 1. The lowest BCUT2D eigenvalue weighted by molar-refractivity contribution is 0.0498. The van der Waals surface area contributed by atoms with Crippen LogP contribution in [0.2, 0.25) is 0 Å². The van der Waals surface area contributed by atoms with Crippen LogP contribution in [0.3, 0.4) is 0 Å². The number of hydrogen-bond donors (Lipinski definition) is 2. The molecule has 0 saturated carbocycles. The molecule has 0 radical (unpaired) electrons. The van der Waals surface area contributed by atoms with Gasteiger partial charge in [-0.2, -0.15) is 0 Å². The molecular formula is C27H33FN2O5S. The Morgan fingerprint density at radius 3 is 2.25 bits per heavy atom. The molecule has 0 aliphatic heterocycles. The smallest absolute Gasteiger partial charge is 0.408 e. The molecule has 0 aliphatic rings. The van der Waals surface area contributed by atoms with E-state index >= 15 is 0 Å². The molecule has 9 heteroatoms. The van der Waals surface area contributed by atoms with Gasteiger partial charge in [-0.25, -0.2) is 17.6 Å². The standard InChI is InChI=1S/C27H33FN2O5S/c1-18-23(24(7-6-16-31)29-26(32)35-27(2,3)4)17-25(30(18)21-12-10-20(28)11-13-21)19-8-14-22(15-9-19)36(5,33)34/h8-15,17,24,31H,6-7,16H2,1-5H3,(H,29,32)/t24-/m1/s1. The van der Waals surface area contributed by atoms with Crippen LogP contribution >= 0.6 is 0 Å². The van der Waals surface area contributed by atoms with Crippen LogP contribution in [0.15, 0.2) is 59.5 Å². The minimum atomic E-state index is -3.36. The van der Waals surface area contributed by atoms with Crippen LogP contribution in [0.5, 0.6) is 0 Å². The minimum absolute atomic E-state index is 0.0377. The third kappa shape index (κ3) is 6.73. The Kier molecular flexibility index (Phi) is 8.26. The number of alkyl carbamates (subject to hydrolysis) is 1. The zero-order valence-corrected chi connectivity index (χ0v) is 22.0. The number of halogens is 1. The fourth-order valence-corrected chi connectivity index (χ4v) is 4.67. The molecule has 1 atom stereocenters. The normalized spacial score (nSPS) is 12.9. The zero-order valence-electron chi connectivity index (χ0n) is 21.2. The number of amides is 1. The number of ether oxygens (including phenoxy) is 1. The van der Waals surface area contributed by atoms with E-state index in [9.17, 15) is 22.7 Å². The maximum absolute atomic E-state index is 13.7. The van der Waals surface area contributed by atoms with Crippen LogP contribution in [-0.4, -0.2) is 42.6 Å². The van der Waals surface area contributed by atoms with E-state index in [0.29, 0.717) is 18.5 Å². The Bertz CT molecular complexity index is 1310. The largest absolute Gasteiger partial charge is 0.444 e. The average molecular weight is 517 g/mol. The maximum Gasteiger partial charge on any atom is 0.408 e. The van der Waals surface area contributed by atoms with E-state index in [2.05, 4.69) is 5.32 Å². The summed E-state index contributed by atoms with van der Waals surface area (Å²) in [6.45, 7) is 7.21. The van der Waals surface area contributed by atoms with Gasteiger partial charge in [0.15, 0.2) is 9.84 Å². The lowest BCUT2D eigenvalue weighted by Gasteiger charge is -2.24. The average Bonchev–Trinajstić information content (AvgIpc) is 3.12. The fourth-order valence-electron chi connectivity index (χ4n) is 4.04. The third-order valence-corrected chi connectivity index (χ3v) is 6.80. The first-order valence-corrected chi connectivity index (χ1v) is 13.6. The predicted octanol–water partition coefficient (Wildman–Crippen LogP) is 5.33. The summed E-state index contributed by atoms with van der Waals surface area (Å²) in [5, 5.41) is 12.4. The summed E-state index contributed by atoms with van der Waals surface area (Å²) in [6.07, 6.45) is 1.51. The van der Waals surface area contributed by atoms with Gasteiger partial charge in [-0.05, 0) is 94.1 Å². The van der Waals surface area contributed by atoms with E-state index in [1.165, 1.54) is 12.1 Å². The van der Waals surface area contributed by atoms with E-state index in [4.69, 9.17) is 4.74 Å². The van der Waals surface area contributed by atoms with Crippen molar-refractivity contribution in [2.24, 2.45) is 0 Å². The monoisotopic (exact) mass is 516 g/mol. The number of nitrogens with zero attached hydrogens (tertiary/aromatic N) is 1. The molecule has 7 nitrogen and oxygen atoms in total. The number of carbonyl (C=O) groups excluding carboxylic acids is 1. The first-order valence-electron chi connectivity index (χ1n) is 11.7. The van der Waals surface area contributed by atoms with Crippen molar-refractivity contribution in [2.75, 3.05) is 12.9 Å². The van der Waals surface area contributed by atoms with Crippen LogP contribution in [0.1, 0.15) is 50.9 Å². The zero-order chi connectivity index (χ0) is 26.7. The summed E-state index contributed by atoms with van der Waals surface area (Å²) in [4.78, 5) is 12.8. The molecular weight excluding hydrogens is 483 g/mol. The number of rotatable bonds is 8. The molecule has 0 bridgehead atoms. The lowest BCUT2D eigenvalue weighted by Crippen LogP contribution is -2.35. The molecule has 1 amide bonds. The summed E-state index contributed by atoms with van der Waals surface area (Å²) >= 11 is 0. The molecule has 0 unspecified atom stereocenters. The highest BCUT2D eigenvalue weighted by atomic mass is 32.2. The molecule has 3 aromatic rings. The maximum atomic E-state index is 13.7. The molecule has 3 rings (SSSR count). The highest BCUT2D eigenvalue weighted by molar-refractivity contribution is 7.90. The second kappa shape index (κ2) is 10.8. The Morgan fingerprint density at radius 1 is 1.11 bits per heavy atom. The van der Waals surface area contributed by atoms with Crippen molar-refractivity contribution in [1.29, 1.82) is 0 Å². The summed E-state index contributed by atoms with van der Waals surface area (Å²) in [5.41, 5.74) is 3.14. The molecule has 0 saturated heterocycles. The Balaban J connectivity index is 2.14. The second-order valence-electron chi connectivity index (χ2n) is 9.74. The van der Waals surface area contributed by atoms with Crippen LogP contribution in [-0.2, 0) is 14.6 Å². The number of carbonyl (C=O) groups is 1. The molecule has 0 spiro atoms. The first kappa shape index (κ1) is 27.4. The highest BCUT2D eigenvalue weighted by Crippen LogP contribution is 2.34. The number of hydrogen-bond acceptors (Lipinski definition) is 5. The van der Waals surface area contributed by atoms with E-state index in [-0.39, 0.29) is 17.3 Å².